The predicted molar refractivity (Wildman–Crippen MR) is 73.1 cm³/mol. The normalized spacial score (nSPS) is 10.8. The first kappa shape index (κ1) is 13.0. The van der Waals surface area contributed by atoms with E-state index in [4.69, 9.17) is 5.11 Å². The summed E-state index contributed by atoms with van der Waals surface area (Å²) < 4.78 is 13.6. The molecule has 2 aromatic carbocycles. The van der Waals surface area contributed by atoms with Crippen molar-refractivity contribution in [1.29, 1.82) is 0 Å². The average molecular weight is 256 g/mol. The molecule has 0 amide bonds. The molecule has 2 nitrogen and oxygen atoms in total. The molecule has 0 aliphatic carbocycles. The summed E-state index contributed by atoms with van der Waals surface area (Å²) in [6, 6.07) is 13.9. The Labute approximate surface area is 110 Å². The summed E-state index contributed by atoms with van der Waals surface area (Å²) in [7, 11) is 0. The molecular formula is C16H13FO2. The zero-order valence-electron chi connectivity index (χ0n) is 10.2. The molecular weight excluding hydrogens is 243 g/mol. The molecule has 3 heteroatoms. The molecule has 0 aliphatic rings. The highest BCUT2D eigenvalue weighted by molar-refractivity contribution is 5.71. The molecule has 0 atom stereocenters. The largest absolute Gasteiger partial charge is 0.481 e. The fourth-order valence-corrected chi connectivity index (χ4v) is 1.76. The van der Waals surface area contributed by atoms with E-state index in [1.54, 1.807) is 30.4 Å². The van der Waals surface area contributed by atoms with E-state index in [1.165, 1.54) is 6.07 Å². The van der Waals surface area contributed by atoms with Crippen LogP contribution in [0.4, 0.5) is 4.39 Å². The quantitative estimate of drug-likeness (QED) is 0.898. The molecule has 0 unspecified atom stereocenters. The molecule has 0 saturated heterocycles. The van der Waals surface area contributed by atoms with Gasteiger partial charge in [0, 0.05) is 5.56 Å². The second-order valence-electron chi connectivity index (χ2n) is 4.10. The lowest BCUT2D eigenvalue weighted by Crippen LogP contribution is -1.89. The van der Waals surface area contributed by atoms with Crippen molar-refractivity contribution < 1.29 is 14.3 Å². The maximum atomic E-state index is 13.6. The standard InChI is InChI=1S/C16H13FO2/c17-15-6-2-1-5-14(15)13-10-8-12(9-11-13)4-3-7-16(18)19/h1-6,8-11H,7H2,(H,18,19)/b4-3+. The smallest absolute Gasteiger partial charge is 0.307 e. The Kier molecular flexibility index (Phi) is 4.08. The molecule has 1 N–H and O–H groups in total. The van der Waals surface area contributed by atoms with E-state index in [9.17, 15) is 9.18 Å². The predicted octanol–water partition coefficient (Wildman–Crippen LogP) is 3.98. The zero-order valence-corrected chi connectivity index (χ0v) is 10.2. The van der Waals surface area contributed by atoms with Gasteiger partial charge in [-0.15, -0.1) is 0 Å². The average Bonchev–Trinajstić information content (AvgIpc) is 2.40. The van der Waals surface area contributed by atoms with E-state index >= 15 is 0 Å². The van der Waals surface area contributed by atoms with Gasteiger partial charge in [-0.2, -0.15) is 0 Å². The van der Waals surface area contributed by atoms with Crippen molar-refractivity contribution in [2.24, 2.45) is 0 Å². The summed E-state index contributed by atoms with van der Waals surface area (Å²) in [6.07, 6.45) is 3.31. The van der Waals surface area contributed by atoms with Crippen LogP contribution in [0.3, 0.4) is 0 Å². The third-order valence-electron chi connectivity index (χ3n) is 2.70. The molecule has 0 bridgehead atoms. The summed E-state index contributed by atoms with van der Waals surface area (Å²) in [5, 5.41) is 8.52. The van der Waals surface area contributed by atoms with Crippen LogP contribution in [0.15, 0.2) is 54.6 Å². The highest BCUT2D eigenvalue weighted by Gasteiger charge is 2.02. The van der Waals surface area contributed by atoms with Crippen LogP contribution in [0.5, 0.6) is 0 Å². The number of benzene rings is 2. The van der Waals surface area contributed by atoms with Gasteiger partial charge in [0.05, 0.1) is 6.42 Å². The van der Waals surface area contributed by atoms with Gasteiger partial charge in [0.25, 0.3) is 0 Å². The van der Waals surface area contributed by atoms with Crippen molar-refractivity contribution in [3.63, 3.8) is 0 Å². The summed E-state index contributed by atoms with van der Waals surface area (Å²) in [5.74, 6) is -1.11. The Morgan fingerprint density at radius 3 is 2.42 bits per heavy atom. The van der Waals surface area contributed by atoms with Gasteiger partial charge in [-0.05, 0) is 17.2 Å². The Bertz CT molecular complexity index is 600. The molecule has 0 aliphatic heterocycles. The SMILES string of the molecule is O=C(O)C/C=C/c1ccc(-c2ccccc2F)cc1. The van der Waals surface area contributed by atoms with Crippen LogP contribution >= 0.6 is 0 Å². The number of carboxylic acids is 1. The first-order valence-electron chi connectivity index (χ1n) is 5.90. The van der Waals surface area contributed by atoms with E-state index in [0.717, 1.165) is 11.1 Å². The molecule has 0 fully saturated rings. The maximum Gasteiger partial charge on any atom is 0.307 e. The first-order chi connectivity index (χ1) is 9.16. The van der Waals surface area contributed by atoms with Gasteiger partial charge in [-0.25, -0.2) is 4.39 Å². The Balaban J connectivity index is 2.17. The molecule has 0 saturated carbocycles. The second-order valence-corrected chi connectivity index (χ2v) is 4.10. The van der Waals surface area contributed by atoms with Gasteiger partial charge in [-0.1, -0.05) is 54.6 Å². The Morgan fingerprint density at radius 2 is 1.79 bits per heavy atom. The second kappa shape index (κ2) is 5.96. The fourth-order valence-electron chi connectivity index (χ4n) is 1.76. The summed E-state index contributed by atoms with van der Waals surface area (Å²) in [5.41, 5.74) is 2.25. The van der Waals surface area contributed by atoms with Crippen LogP contribution in [0.2, 0.25) is 0 Å². The van der Waals surface area contributed by atoms with Crippen LogP contribution in [-0.4, -0.2) is 11.1 Å². The number of aliphatic carboxylic acids is 1. The minimum absolute atomic E-state index is 0.00490. The van der Waals surface area contributed by atoms with E-state index in [0.29, 0.717) is 5.56 Å². The van der Waals surface area contributed by atoms with Gasteiger partial charge in [0.15, 0.2) is 0 Å². The molecule has 0 radical (unpaired) electrons. The fraction of sp³-hybridized carbons (Fsp3) is 0.0625. The lowest BCUT2D eigenvalue weighted by molar-refractivity contribution is -0.135. The van der Waals surface area contributed by atoms with E-state index in [-0.39, 0.29) is 12.2 Å². The lowest BCUT2D eigenvalue weighted by atomic mass is 10.0. The van der Waals surface area contributed by atoms with Crippen molar-refractivity contribution in [2.45, 2.75) is 6.42 Å². The number of carboxylic acid groups (broad SMARTS) is 1. The molecule has 0 heterocycles. The molecule has 0 spiro atoms. The van der Waals surface area contributed by atoms with E-state index in [1.807, 2.05) is 24.3 Å². The van der Waals surface area contributed by atoms with Gasteiger partial charge in [0.2, 0.25) is 0 Å². The molecule has 19 heavy (non-hydrogen) atoms. The van der Waals surface area contributed by atoms with Crippen LogP contribution in [0.1, 0.15) is 12.0 Å². The summed E-state index contributed by atoms with van der Waals surface area (Å²) in [4.78, 5) is 10.4. The zero-order chi connectivity index (χ0) is 13.7. The monoisotopic (exact) mass is 256 g/mol. The van der Waals surface area contributed by atoms with Crippen molar-refractivity contribution in [3.05, 3.63) is 66.0 Å². The molecule has 2 aromatic rings. The lowest BCUT2D eigenvalue weighted by Gasteiger charge is -2.03. The topological polar surface area (TPSA) is 37.3 Å². The van der Waals surface area contributed by atoms with Gasteiger partial charge in [0.1, 0.15) is 5.82 Å². The molecule has 2 rings (SSSR count). The van der Waals surface area contributed by atoms with Crippen molar-refractivity contribution in [3.8, 4) is 11.1 Å². The molecule has 96 valence electrons. The third-order valence-corrected chi connectivity index (χ3v) is 2.70. The highest BCUT2D eigenvalue weighted by Crippen LogP contribution is 2.22. The third kappa shape index (κ3) is 3.52. The molecule has 0 aromatic heterocycles. The summed E-state index contributed by atoms with van der Waals surface area (Å²) >= 11 is 0. The number of carbonyl (C=O) groups is 1. The van der Waals surface area contributed by atoms with E-state index in [2.05, 4.69) is 0 Å². The maximum absolute atomic E-state index is 13.6. The summed E-state index contributed by atoms with van der Waals surface area (Å²) in [6.45, 7) is 0. The van der Waals surface area contributed by atoms with Crippen LogP contribution in [-0.2, 0) is 4.79 Å². The van der Waals surface area contributed by atoms with E-state index < -0.39 is 5.97 Å². The minimum Gasteiger partial charge on any atom is -0.481 e. The van der Waals surface area contributed by atoms with Crippen LogP contribution < -0.4 is 0 Å². The Hall–Kier alpha value is -2.42. The number of rotatable bonds is 4. The number of hydrogen-bond acceptors (Lipinski definition) is 1. The van der Waals surface area contributed by atoms with Crippen molar-refractivity contribution >= 4 is 12.0 Å². The highest BCUT2D eigenvalue weighted by atomic mass is 19.1. The van der Waals surface area contributed by atoms with Gasteiger partial charge in [-0.3, -0.25) is 4.79 Å². The van der Waals surface area contributed by atoms with Gasteiger partial charge < -0.3 is 5.11 Å². The van der Waals surface area contributed by atoms with Gasteiger partial charge >= 0.3 is 5.97 Å². The van der Waals surface area contributed by atoms with Crippen LogP contribution in [0, 0.1) is 5.82 Å². The van der Waals surface area contributed by atoms with Crippen molar-refractivity contribution in [1.82, 2.24) is 0 Å². The van der Waals surface area contributed by atoms with Crippen LogP contribution in [0.25, 0.3) is 17.2 Å². The Morgan fingerprint density at radius 1 is 1.11 bits per heavy atom. The minimum atomic E-state index is -0.862. The number of hydrogen-bond donors (Lipinski definition) is 1. The number of halogens is 1. The van der Waals surface area contributed by atoms with Crippen molar-refractivity contribution in [2.75, 3.05) is 0 Å². The first-order valence-corrected chi connectivity index (χ1v) is 5.90.